The topological polar surface area (TPSA) is 106 Å². The molecule has 0 unspecified atom stereocenters. The molecule has 10 heteroatoms. The van der Waals surface area contributed by atoms with Gasteiger partial charge in [-0.2, -0.15) is 0 Å². The summed E-state index contributed by atoms with van der Waals surface area (Å²) in [6.07, 6.45) is 0.701. The summed E-state index contributed by atoms with van der Waals surface area (Å²) in [5.41, 5.74) is 2.04. The average Bonchev–Trinajstić information content (AvgIpc) is 2.99. The molecule has 9 nitrogen and oxygen atoms in total. The van der Waals surface area contributed by atoms with Gasteiger partial charge in [-0.3, -0.25) is 14.4 Å². The van der Waals surface area contributed by atoms with Crippen molar-refractivity contribution in [2.24, 2.45) is 0 Å². The summed E-state index contributed by atoms with van der Waals surface area (Å²) >= 11 is 0. The van der Waals surface area contributed by atoms with Crippen molar-refractivity contribution in [3.8, 4) is 11.5 Å². The highest BCUT2D eigenvalue weighted by atomic mass is 19.1. The largest absolute Gasteiger partial charge is 0.497 e. The Balaban J connectivity index is 1.21. The minimum atomic E-state index is -0.409. The Hall–Kier alpha value is -4.44. The van der Waals surface area contributed by atoms with Crippen LogP contribution >= 0.6 is 0 Å². The van der Waals surface area contributed by atoms with Crippen LogP contribution in [-0.2, 0) is 16.1 Å². The van der Waals surface area contributed by atoms with Crippen molar-refractivity contribution in [2.45, 2.75) is 44.1 Å². The van der Waals surface area contributed by atoms with E-state index in [0.29, 0.717) is 47.7 Å². The van der Waals surface area contributed by atoms with Gasteiger partial charge in [0.2, 0.25) is 5.91 Å². The fourth-order valence-electron chi connectivity index (χ4n) is 5.15. The van der Waals surface area contributed by atoms with Gasteiger partial charge in [-0.25, -0.2) is 4.39 Å². The van der Waals surface area contributed by atoms with E-state index in [-0.39, 0.29) is 48.7 Å². The number of benzene rings is 3. The molecular weight excluding hydrogens is 529 g/mol. The fraction of sp³-hybridized carbons (Fsp3) is 0.323. The third-order valence-electron chi connectivity index (χ3n) is 7.42. The van der Waals surface area contributed by atoms with E-state index in [1.165, 1.54) is 19.2 Å². The molecule has 1 saturated heterocycles. The molecule has 2 aliphatic rings. The van der Waals surface area contributed by atoms with Crippen molar-refractivity contribution < 1.29 is 33.0 Å². The maximum atomic E-state index is 13.5. The Morgan fingerprint density at radius 3 is 2.66 bits per heavy atom. The van der Waals surface area contributed by atoms with E-state index in [1.54, 1.807) is 66.5 Å². The number of hydrogen-bond acceptors (Lipinski definition) is 6. The van der Waals surface area contributed by atoms with Crippen molar-refractivity contribution in [1.82, 2.24) is 10.2 Å². The van der Waals surface area contributed by atoms with E-state index in [2.05, 4.69) is 10.6 Å². The van der Waals surface area contributed by atoms with Gasteiger partial charge in [-0.15, -0.1) is 0 Å². The molecule has 1 fully saturated rings. The molecule has 0 saturated carbocycles. The summed E-state index contributed by atoms with van der Waals surface area (Å²) in [4.78, 5) is 40.5. The van der Waals surface area contributed by atoms with Crippen LogP contribution in [0.4, 0.5) is 10.1 Å². The van der Waals surface area contributed by atoms with E-state index < -0.39 is 6.10 Å². The number of ether oxygens (including phenoxy) is 3. The van der Waals surface area contributed by atoms with Gasteiger partial charge in [0.05, 0.1) is 31.2 Å². The molecule has 2 aliphatic heterocycles. The Kier molecular flexibility index (Phi) is 8.49. The van der Waals surface area contributed by atoms with Crippen LogP contribution in [0.25, 0.3) is 0 Å². The first-order valence-electron chi connectivity index (χ1n) is 13.5. The minimum absolute atomic E-state index is 0.164. The number of amides is 3. The van der Waals surface area contributed by atoms with E-state index in [9.17, 15) is 18.8 Å². The summed E-state index contributed by atoms with van der Waals surface area (Å²) in [5.74, 6) is -0.103. The van der Waals surface area contributed by atoms with Crippen LogP contribution in [0.15, 0.2) is 66.7 Å². The number of methoxy groups -OCH3 is 1. The lowest BCUT2D eigenvalue weighted by Gasteiger charge is -2.42. The number of rotatable bonds is 7. The zero-order valence-electron chi connectivity index (χ0n) is 22.9. The molecule has 0 radical (unpaired) electrons. The van der Waals surface area contributed by atoms with Crippen LogP contribution in [0, 0.1) is 5.82 Å². The SMILES string of the molecule is COc1cccc(C(=O)Nc2ccc3c(c2)C(=O)N(C)[C@@H]2CC[C@H](CC(=O)NCc4ccc(F)cc4)O[C@@H]2CO3)c1. The lowest BCUT2D eigenvalue weighted by Crippen LogP contribution is -2.53. The van der Waals surface area contributed by atoms with E-state index in [4.69, 9.17) is 14.2 Å². The molecule has 41 heavy (non-hydrogen) atoms. The molecule has 214 valence electrons. The van der Waals surface area contributed by atoms with E-state index >= 15 is 0 Å². The van der Waals surface area contributed by atoms with E-state index in [1.807, 2.05) is 0 Å². The van der Waals surface area contributed by atoms with Gasteiger partial charge >= 0.3 is 0 Å². The van der Waals surface area contributed by atoms with Gasteiger partial charge in [-0.1, -0.05) is 18.2 Å². The molecular formula is C31H32FN3O6. The lowest BCUT2D eigenvalue weighted by molar-refractivity contribution is -0.134. The smallest absolute Gasteiger partial charge is 0.257 e. The number of likely N-dealkylation sites (N-methyl/N-ethyl adjacent to an activating group) is 1. The first kappa shape index (κ1) is 28.1. The van der Waals surface area contributed by atoms with Crippen molar-refractivity contribution in [1.29, 1.82) is 0 Å². The molecule has 3 aromatic rings. The first-order chi connectivity index (χ1) is 19.8. The van der Waals surface area contributed by atoms with Gasteiger partial charge in [0.15, 0.2) is 0 Å². The number of hydrogen-bond donors (Lipinski definition) is 2. The number of carbonyl (C=O) groups excluding carboxylic acids is 3. The fourth-order valence-corrected chi connectivity index (χ4v) is 5.15. The quantitative estimate of drug-likeness (QED) is 0.449. The van der Waals surface area contributed by atoms with Gasteiger partial charge in [-0.05, 0) is 66.9 Å². The third kappa shape index (κ3) is 6.66. The maximum Gasteiger partial charge on any atom is 0.257 e. The first-order valence-corrected chi connectivity index (χ1v) is 13.5. The predicted molar refractivity (Wildman–Crippen MR) is 150 cm³/mol. The number of nitrogens with one attached hydrogen (secondary N) is 2. The van der Waals surface area contributed by atoms with Crippen molar-refractivity contribution >= 4 is 23.4 Å². The lowest BCUT2D eigenvalue weighted by atomic mass is 9.94. The van der Waals surface area contributed by atoms with Crippen LogP contribution in [0.3, 0.4) is 0 Å². The maximum absolute atomic E-state index is 13.5. The highest BCUT2D eigenvalue weighted by molar-refractivity contribution is 6.05. The van der Waals surface area contributed by atoms with Crippen LogP contribution in [0.2, 0.25) is 0 Å². The normalized spacial score (nSPS) is 20.0. The highest BCUT2D eigenvalue weighted by Gasteiger charge is 2.39. The Morgan fingerprint density at radius 1 is 1.07 bits per heavy atom. The van der Waals surface area contributed by atoms with E-state index in [0.717, 1.165) is 5.56 Å². The highest BCUT2D eigenvalue weighted by Crippen LogP contribution is 2.32. The monoisotopic (exact) mass is 561 g/mol. The van der Waals surface area contributed by atoms with Crippen LogP contribution in [0.5, 0.6) is 11.5 Å². The van der Waals surface area contributed by atoms with Gasteiger partial charge in [0.1, 0.15) is 30.0 Å². The van der Waals surface area contributed by atoms with Crippen molar-refractivity contribution in [3.05, 3.63) is 89.2 Å². The molecule has 0 aromatic heterocycles. The molecule has 0 spiro atoms. The zero-order valence-corrected chi connectivity index (χ0v) is 22.9. The molecule has 3 aromatic carbocycles. The summed E-state index contributed by atoms with van der Waals surface area (Å²) in [5, 5.41) is 5.68. The van der Waals surface area contributed by atoms with Crippen LogP contribution < -0.4 is 20.1 Å². The summed E-state index contributed by atoms with van der Waals surface area (Å²) in [6, 6.07) is 17.5. The van der Waals surface area contributed by atoms with Crippen LogP contribution in [0.1, 0.15) is 45.5 Å². The molecule has 3 atom stereocenters. The number of carbonyl (C=O) groups is 3. The summed E-state index contributed by atoms with van der Waals surface area (Å²) in [6.45, 7) is 0.509. The van der Waals surface area contributed by atoms with Gasteiger partial charge in [0, 0.05) is 24.8 Å². The second kappa shape index (κ2) is 12.4. The van der Waals surface area contributed by atoms with Crippen molar-refractivity contribution in [2.75, 3.05) is 26.1 Å². The minimum Gasteiger partial charge on any atom is -0.497 e. The summed E-state index contributed by atoms with van der Waals surface area (Å²) < 4.78 is 30.6. The second-order valence-electron chi connectivity index (χ2n) is 10.2. The zero-order chi connectivity index (χ0) is 28.9. The predicted octanol–water partition coefficient (Wildman–Crippen LogP) is 4.17. The van der Waals surface area contributed by atoms with Crippen molar-refractivity contribution in [3.63, 3.8) is 0 Å². The molecule has 0 bridgehead atoms. The molecule has 2 heterocycles. The Bertz CT molecular complexity index is 1430. The van der Waals surface area contributed by atoms with Gasteiger partial charge in [0.25, 0.3) is 11.8 Å². The van der Waals surface area contributed by atoms with Gasteiger partial charge < -0.3 is 29.7 Å². The van der Waals surface area contributed by atoms with Crippen LogP contribution in [-0.4, -0.2) is 61.6 Å². The second-order valence-corrected chi connectivity index (χ2v) is 10.2. The number of nitrogens with zero attached hydrogens (tertiary/aromatic N) is 1. The molecule has 5 rings (SSSR count). The molecule has 2 N–H and O–H groups in total. The average molecular weight is 562 g/mol. The Morgan fingerprint density at radius 2 is 1.88 bits per heavy atom. The molecule has 0 aliphatic carbocycles. The summed E-state index contributed by atoms with van der Waals surface area (Å²) in [7, 11) is 3.26. The number of fused-ring (bicyclic) bond motifs is 2. The number of halogens is 1. The third-order valence-corrected chi connectivity index (χ3v) is 7.42. The molecule has 3 amide bonds. The standard InChI is InChI=1S/C31H32FN3O6/c1-35-26-12-11-24(16-29(36)33-17-19-6-8-21(32)9-7-19)41-28(26)18-40-27-13-10-22(15-25(27)31(35)38)34-30(37)20-4-3-5-23(14-20)39-2/h3-10,13-15,24,26,28H,11-12,16-18H2,1-2H3,(H,33,36)(H,34,37)/t24-,26-,28-/m1/s1. The number of anilines is 1. The Labute approximate surface area is 237 Å².